The molecule has 41 heavy (non-hydrogen) atoms. The summed E-state index contributed by atoms with van der Waals surface area (Å²) in [5.74, 6) is 0.0740. The van der Waals surface area contributed by atoms with Gasteiger partial charge in [0, 0.05) is 12.5 Å². The molecule has 0 heterocycles. The zero-order valence-electron chi connectivity index (χ0n) is 25.4. The highest BCUT2D eigenvalue weighted by molar-refractivity contribution is 6.75. The number of hydrogen-bond acceptors (Lipinski definition) is 2. The minimum atomic E-state index is -2.47. The van der Waals surface area contributed by atoms with E-state index in [1.807, 2.05) is 36.5 Å². The molecular formula is C37H52O2Si2. The normalized spacial score (nSPS) is 12.7. The van der Waals surface area contributed by atoms with Gasteiger partial charge in [-0.3, -0.25) is 0 Å². The molecule has 4 heteroatoms. The Balaban J connectivity index is 2.89. The summed E-state index contributed by atoms with van der Waals surface area (Å²) < 4.78 is 15.0. The lowest BCUT2D eigenvalue weighted by molar-refractivity contribution is 0.00232. The van der Waals surface area contributed by atoms with Crippen molar-refractivity contribution in [3.63, 3.8) is 0 Å². The second-order valence-electron chi connectivity index (χ2n) is 11.0. The standard InChI is InChI=1S/C37H52O2Si2/c1-8-15-22-36(33-38-40(27-9-2,28-10-3)29-11-4)37(34-23-18-16-19-24-34,35-25-20-17-21-26-35)39-41(30-12-5,31-13-6)32-14-7/h9-14,16-21,23-26,36H,2-8,15,22,27-33H2,1H3. The molecule has 2 nitrogen and oxygen atoms in total. The van der Waals surface area contributed by atoms with E-state index in [0.29, 0.717) is 6.61 Å². The average Bonchev–Trinajstić information content (AvgIpc) is 2.98. The lowest BCUT2D eigenvalue weighted by Gasteiger charge is -2.49. The Kier molecular flexibility index (Phi) is 15.0. The van der Waals surface area contributed by atoms with Gasteiger partial charge in [0.05, 0.1) is 0 Å². The van der Waals surface area contributed by atoms with Crippen LogP contribution in [0.3, 0.4) is 0 Å². The van der Waals surface area contributed by atoms with Crippen molar-refractivity contribution < 1.29 is 8.85 Å². The molecule has 0 N–H and O–H groups in total. The molecule has 1 atom stereocenters. The van der Waals surface area contributed by atoms with Crippen LogP contribution in [0.2, 0.25) is 36.3 Å². The van der Waals surface area contributed by atoms with Gasteiger partial charge in [-0.25, -0.2) is 0 Å². The van der Waals surface area contributed by atoms with E-state index in [0.717, 1.165) is 66.7 Å². The van der Waals surface area contributed by atoms with Gasteiger partial charge in [-0.15, -0.1) is 39.5 Å². The first kappa shape index (κ1) is 34.4. The third-order valence-electron chi connectivity index (χ3n) is 7.95. The molecule has 0 saturated heterocycles. The van der Waals surface area contributed by atoms with Gasteiger partial charge in [-0.1, -0.05) is 117 Å². The Bertz CT molecular complexity index is 1000. The van der Waals surface area contributed by atoms with Crippen LogP contribution in [-0.4, -0.2) is 23.2 Å². The van der Waals surface area contributed by atoms with Crippen molar-refractivity contribution in [1.29, 1.82) is 0 Å². The van der Waals surface area contributed by atoms with Crippen LogP contribution in [0.4, 0.5) is 0 Å². The van der Waals surface area contributed by atoms with Crippen LogP contribution in [0.5, 0.6) is 0 Å². The number of rotatable bonds is 23. The Labute approximate surface area is 253 Å². The topological polar surface area (TPSA) is 18.5 Å². The highest BCUT2D eigenvalue weighted by atomic mass is 28.4. The second kappa shape index (κ2) is 17.9. The maximum absolute atomic E-state index is 7.82. The smallest absolute Gasteiger partial charge is 0.205 e. The van der Waals surface area contributed by atoms with E-state index in [2.05, 4.69) is 107 Å². The SMILES string of the molecule is C=CC[Si](CC=C)(CC=C)OCC(CCCC)C(O[Si](CC=C)(CC=C)CC=C)(c1ccccc1)c1ccccc1. The van der Waals surface area contributed by atoms with Crippen molar-refractivity contribution in [3.8, 4) is 0 Å². The molecule has 0 bridgehead atoms. The lowest BCUT2D eigenvalue weighted by atomic mass is 9.74. The zero-order valence-corrected chi connectivity index (χ0v) is 27.4. The van der Waals surface area contributed by atoms with Gasteiger partial charge in [0.1, 0.15) is 5.60 Å². The third-order valence-corrected chi connectivity index (χ3v) is 15.7. The third kappa shape index (κ3) is 9.11. The molecule has 0 fully saturated rings. The average molecular weight is 585 g/mol. The van der Waals surface area contributed by atoms with Gasteiger partial charge in [0.2, 0.25) is 16.6 Å². The summed E-state index contributed by atoms with van der Waals surface area (Å²) in [7, 11) is -4.70. The van der Waals surface area contributed by atoms with Gasteiger partial charge < -0.3 is 8.85 Å². The summed E-state index contributed by atoms with van der Waals surface area (Å²) in [6.07, 6.45) is 15.2. The predicted molar refractivity (Wildman–Crippen MR) is 185 cm³/mol. The molecule has 1 unspecified atom stereocenters. The molecule has 2 rings (SSSR count). The van der Waals surface area contributed by atoms with Crippen molar-refractivity contribution in [2.75, 3.05) is 6.61 Å². The quantitative estimate of drug-likeness (QED) is 0.0955. The van der Waals surface area contributed by atoms with Crippen LogP contribution in [0.25, 0.3) is 0 Å². The second-order valence-corrected chi connectivity index (χ2v) is 18.7. The molecule has 0 amide bonds. The number of allylic oxidation sites excluding steroid dienone is 6. The van der Waals surface area contributed by atoms with Crippen LogP contribution < -0.4 is 0 Å². The van der Waals surface area contributed by atoms with Crippen LogP contribution >= 0.6 is 0 Å². The van der Waals surface area contributed by atoms with Gasteiger partial charge in [0.15, 0.2) is 0 Å². The largest absolute Gasteiger partial charge is 0.415 e. The van der Waals surface area contributed by atoms with Gasteiger partial charge >= 0.3 is 0 Å². The molecule has 0 aliphatic heterocycles. The van der Waals surface area contributed by atoms with Crippen molar-refractivity contribution in [2.45, 2.75) is 68.1 Å². The van der Waals surface area contributed by atoms with Crippen LogP contribution in [-0.2, 0) is 14.5 Å². The van der Waals surface area contributed by atoms with Crippen molar-refractivity contribution in [2.24, 2.45) is 5.92 Å². The number of unbranched alkanes of at least 4 members (excludes halogenated alkanes) is 1. The summed E-state index contributed by atoms with van der Waals surface area (Å²) in [6, 6.07) is 26.6. The van der Waals surface area contributed by atoms with E-state index < -0.39 is 22.2 Å². The fourth-order valence-corrected chi connectivity index (χ4v) is 12.5. The van der Waals surface area contributed by atoms with Gasteiger partial charge in [-0.05, 0) is 53.8 Å². The van der Waals surface area contributed by atoms with E-state index in [1.54, 1.807) is 0 Å². The Hall–Kier alpha value is -2.77. The summed E-state index contributed by atoms with van der Waals surface area (Å²) in [5, 5.41) is 0. The maximum atomic E-state index is 7.82. The Morgan fingerprint density at radius 1 is 0.634 bits per heavy atom. The fraction of sp³-hybridized carbons (Fsp3) is 0.351. The summed E-state index contributed by atoms with van der Waals surface area (Å²) >= 11 is 0. The highest BCUT2D eigenvalue weighted by Gasteiger charge is 2.49. The summed E-state index contributed by atoms with van der Waals surface area (Å²) in [5.41, 5.74) is 1.61. The van der Waals surface area contributed by atoms with Crippen LogP contribution in [0.1, 0.15) is 37.3 Å². The van der Waals surface area contributed by atoms with E-state index in [4.69, 9.17) is 8.85 Å². The van der Waals surface area contributed by atoms with Crippen molar-refractivity contribution in [1.82, 2.24) is 0 Å². The Morgan fingerprint density at radius 2 is 1.02 bits per heavy atom. The minimum absolute atomic E-state index is 0.0740. The number of benzene rings is 2. The molecule has 2 aromatic rings. The molecule has 0 radical (unpaired) electrons. The van der Waals surface area contributed by atoms with Gasteiger partial charge in [-0.2, -0.15) is 0 Å². The lowest BCUT2D eigenvalue weighted by Crippen LogP contribution is -2.52. The summed E-state index contributed by atoms with van der Waals surface area (Å²) in [6.45, 7) is 27.5. The molecule has 0 aliphatic rings. The fourth-order valence-electron chi connectivity index (χ4n) is 6.06. The van der Waals surface area contributed by atoms with Crippen molar-refractivity contribution in [3.05, 3.63) is 148 Å². The molecule has 2 aromatic carbocycles. The van der Waals surface area contributed by atoms with Crippen LogP contribution in [0, 0.1) is 5.92 Å². The first-order valence-electron chi connectivity index (χ1n) is 15.1. The maximum Gasteiger partial charge on any atom is 0.205 e. The van der Waals surface area contributed by atoms with E-state index in [-0.39, 0.29) is 5.92 Å². The predicted octanol–water partition coefficient (Wildman–Crippen LogP) is 10.8. The van der Waals surface area contributed by atoms with Gasteiger partial charge in [0.25, 0.3) is 0 Å². The first-order chi connectivity index (χ1) is 19.9. The zero-order chi connectivity index (χ0) is 30.0. The minimum Gasteiger partial charge on any atom is -0.415 e. The summed E-state index contributed by atoms with van der Waals surface area (Å²) in [4.78, 5) is 0. The monoisotopic (exact) mass is 584 g/mol. The van der Waals surface area contributed by atoms with E-state index in [9.17, 15) is 0 Å². The first-order valence-corrected chi connectivity index (χ1v) is 20.1. The molecule has 0 aromatic heterocycles. The molecular weight excluding hydrogens is 533 g/mol. The molecule has 220 valence electrons. The van der Waals surface area contributed by atoms with E-state index >= 15 is 0 Å². The highest BCUT2D eigenvalue weighted by Crippen LogP contribution is 2.48. The number of hydrogen-bond donors (Lipinski definition) is 0. The van der Waals surface area contributed by atoms with Crippen LogP contribution in [0.15, 0.2) is 137 Å². The molecule has 0 spiro atoms. The van der Waals surface area contributed by atoms with E-state index in [1.165, 1.54) is 0 Å². The Morgan fingerprint density at radius 3 is 1.39 bits per heavy atom. The molecule has 0 aliphatic carbocycles. The van der Waals surface area contributed by atoms with Crippen molar-refractivity contribution >= 4 is 16.6 Å². The molecule has 0 saturated carbocycles.